The number of ether oxygens (including phenoxy) is 3. The quantitative estimate of drug-likeness (QED) is 0.0525. The van der Waals surface area contributed by atoms with Crippen LogP contribution >= 0.6 is 0 Å². The topological polar surface area (TPSA) is 169 Å². The smallest absolute Gasteiger partial charge is 0.308 e. The van der Waals surface area contributed by atoms with E-state index in [1.54, 1.807) is 0 Å². The van der Waals surface area contributed by atoms with Crippen molar-refractivity contribution in [3.63, 3.8) is 0 Å². The van der Waals surface area contributed by atoms with Crippen LogP contribution in [0.4, 0.5) is 5.69 Å². The molecule has 0 radical (unpaired) electrons. The highest BCUT2D eigenvalue weighted by atomic mass is 16.5. The average Bonchev–Trinajstić information content (AvgIpc) is 3.39. The molecule has 0 bridgehead atoms. The van der Waals surface area contributed by atoms with Crippen LogP contribution in [-0.2, 0) is 45.1 Å². The van der Waals surface area contributed by atoms with Crippen molar-refractivity contribution in [3.8, 4) is 11.5 Å². The van der Waals surface area contributed by atoms with Gasteiger partial charge in [-0.1, -0.05) is 11.6 Å². The number of aromatic hydroxyl groups is 1. The van der Waals surface area contributed by atoms with Crippen molar-refractivity contribution in [2.45, 2.75) is 105 Å². The van der Waals surface area contributed by atoms with Gasteiger partial charge in [-0.15, -0.1) is 0 Å². The van der Waals surface area contributed by atoms with E-state index >= 15 is 4.79 Å². The van der Waals surface area contributed by atoms with E-state index in [1.165, 1.54) is 13.2 Å². The number of phenols is 1. The zero-order chi connectivity index (χ0) is 41.7. The number of aliphatic hydroxyl groups is 2. The molecule has 5 aromatic rings. The molecule has 4 N–H and O–H groups in total. The van der Waals surface area contributed by atoms with Gasteiger partial charge in [0.05, 0.1) is 56.1 Å². The van der Waals surface area contributed by atoms with Crippen molar-refractivity contribution >= 4 is 66.8 Å². The van der Waals surface area contributed by atoms with Crippen molar-refractivity contribution < 1.29 is 39.1 Å². The van der Waals surface area contributed by atoms with E-state index in [1.807, 2.05) is 26.8 Å². The lowest BCUT2D eigenvalue weighted by atomic mass is 9.78. The third-order valence-corrected chi connectivity index (χ3v) is 13.6. The maximum Gasteiger partial charge on any atom is 0.308 e. The van der Waals surface area contributed by atoms with Crippen molar-refractivity contribution in [2.75, 3.05) is 32.2 Å². The van der Waals surface area contributed by atoms with E-state index in [-0.39, 0.29) is 58.6 Å². The molecule has 2 fully saturated rings. The molecule has 0 aromatic heterocycles. The average molecular weight is 806 g/mol. The number of allylic oxidation sites excluding steroid dienone is 1. The summed E-state index contributed by atoms with van der Waals surface area (Å²) in [6.45, 7) is 6.07. The van der Waals surface area contributed by atoms with Gasteiger partial charge in [-0.2, -0.15) is 0 Å². The molecule has 8 rings (SSSR count). The fraction of sp³-hybridized carbons (Fsp3) is 0.500. The summed E-state index contributed by atoms with van der Waals surface area (Å²) in [7, 11) is 1.48. The summed E-state index contributed by atoms with van der Waals surface area (Å²) in [5.41, 5.74) is 3.98. The molecule has 0 heterocycles. The number of phenolic OH excluding ortho intramolecular Hbond substituents is 1. The molecule has 312 valence electrons. The maximum absolute atomic E-state index is 15.5. The van der Waals surface area contributed by atoms with Crippen LogP contribution < -0.4 is 20.9 Å². The van der Waals surface area contributed by atoms with Gasteiger partial charge in [-0.3, -0.25) is 19.2 Å². The number of carbonyl (C=O) groups excluding carboxylic acids is 2. The van der Waals surface area contributed by atoms with E-state index in [2.05, 4.69) is 11.4 Å². The summed E-state index contributed by atoms with van der Waals surface area (Å²) >= 11 is 0. The Hall–Kier alpha value is -5.00. The first-order valence-corrected chi connectivity index (χ1v) is 21.4. The largest absolute Gasteiger partial charge is 0.504 e. The van der Waals surface area contributed by atoms with Gasteiger partial charge >= 0.3 is 11.9 Å². The number of benzene rings is 5. The molecule has 0 saturated heterocycles. The Morgan fingerprint density at radius 2 is 1.32 bits per heavy atom. The fourth-order valence-electron chi connectivity index (χ4n) is 10.8. The predicted molar refractivity (Wildman–Crippen MR) is 230 cm³/mol. The highest BCUT2D eigenvalue weighted by Crippen LogP contribution is 2.53. The summed E-state index contributed by atoms with van der Waals surface area (Å²) in [5.74, 6) is -0.00168. The highest BCUT2D eigenvalue weighted by Gasteiger charge is 2.34. The van der Waals surface area contributed by atoms with Crippen LogP contribution in [0.15, 0.2) is 27.3 Å². The van der Waals surface area contributed by atoms with E-state index in [9.17, 15) is 29.7 Å². The lowest BCUT2D eigenvalue weighted by molar-refractivity contribution is -0.150. The molecule has 2 saturated carbocycles. The summed E-state index contributed by atoms with van der Waals surface area (Å²) in [5, 5.41) is 41.7. The molecular formula is C48H55NO10. The zero-order valence-electron chi connectivity index (χ0n) is 34.6. The molecule has 11 nitrogen and oxygen atoms in total. The third kappa shape index (κ3) is 6.93. The number of anilines is 1. The number of esters is 2. The van der Waals surface area contributed by atoms with Gasteiger partial charge < -0.3 is 34.8 Å². The van der Waals surface area contributed by atoms with E-state index < -0.39 is 12.0 Å². The van der Waals surface area contributed by atoms with E-state index in [0.29, 0.717) is 98.8 Å². The Balaban J connectivity index is 1.35. The Kier molecular flexibility index (Phi) is 11.4. The van der Waals surface area contributed by atoms with Gasteiger partial charge in [0.15, 0.2) is 22.4 Å². The molecule has 59 heavy (non-hydrogen) atoms. The number of methoxy groups -OCH3 is 1. The summed E-state index contributed by atoms with van der Waals surface area (Å²) in [4.78, 5) is 54.4. The SMILES string of the molecule is CCOC(=O)C1CCC(CCc2c3c4c5c(c(OC)c(O)c6c(=O)cc(CO)c(c7c(CO)cc(NCC8CCC(C(=O)OCC)CC8)c(c2=O)c74)c65)CC(C)=C3)CC1. The van der Waals surface area contributed by atoms with Crippen LogP contribution in [0.3, 0.4) is 0 Å². The minimum Gasteiger partial charge on any atom is -0.504 e. The summed E-state index contributed by atoms with van der Waals surface area (Å²) in [6.07, 6.45) is 10.0. The number of fused-ring (bicyclic) bond motifs is 1. The lowest BCUT2D eigenvalue weighted by Gasteiger charge is -2.29. The van der Waals surface area contributed by atoms with Crippen LogP contribution in [0.5, 0.6) is 11.5 Å². The van der Waals surface area contributed by atoms with Gasteiger partial charge in [0.1, 0.15) is 0 Å². The second-order valence-corrected chi connectivity index (χ2v) is 17.0. The Morgan fingerprint density at radius 1 is 0.746 bits per heavy atom. The van der Waals surface area contributed by atoms with Crippen LogP contribution in [-0.4, -0.2) is 54.1 Å². The number of aliphatic hydroxyl groups excluding tert-OH is 2. The van der Waals surface area contributed by atoms with Crippen molar-refractivity contribution in [1.82, 2.24) is 0 Å². The number of rotatable bonds is 13. The lowest BCUT2D eigenvalue weighted by Crippen LogP contribution is -2.27. The van der Waals surface area contributed by atoms with Crippen molar-refractivity contribution in [1.29, 1.82) is 0 Å². The van der Waals surface area contributed by atoms with Crippen LogP contribution in [0.2, 0.25) is 0 Å². The second-order valence-electron chi connectivity index (χ2n) is 17.0. The molecule has 3 aliphatic carbocycles. The molecule has 0 atom stereocenters. The fourth-order valence-corrected chi connectivity index (χ4v) is 10.8. The molecule has 5 aromatic carbocycles. The predicted octanol–water partition coefficient (Wildman–Crippen LogP) is 7.64. The Labute approximate surface area is 343 Å². The molecular weight excluding hydrogens is 751 g/mol. The van der Waals surface area contributed by atoms with E-state index in [0.717, 1.165) is 74.3 Å². The Bertz CT molecular complexity index is 2600. The maximum atomic E-state index is 15.5. The first-order valence-electron chi connectivity index (χ1n) is 21.4. The van der Waals surface area contributed by atoms with Crippen molar-refractivity contribution in [2.24, 2.45) is 23.7 Å². The van der Waals surface area contributed by atoms with Crippen molar-refractivity contribution in [3.05, 3.63) is 66.0 Å². The molecule has 0 amide bonds. The van der Waals surface area contributed by atoms with Crippen LogP contribution in [0, 0.1) is 23.7 Å². The molecule has 0 aliphatic heterocycles. The number of carbonyl (C=O) groups is 2. The second kappa shape index (κ2) is 16.6. The molecule has 3 aliphatic rings. The first-order chi connectivity index (χ1) is 28.5. The van der Waals surface area contributed by atoms with Gasteiger partial charge in [0.2, 0.25) is 0 Å². The van der Waals surface area contributed by atoms with Gasteiger partial charge in [0, 0.05) is 34.1 Å². The van der Waals surface area contributed by atoms with Crippen LogP contribution in [0.25, 0.3) is 49.2 Å². The number of nitrogens with one attached hydrogen (secondary N) is 1. The normalized spacial score (nSPS) is 20.7. The van der Waals surface area contributed by atoms with Gasteiger partial charge in [0.25, 0.3) is 0 Å². The monoisotopic (exact) mass is 805 g/mol. The van der Waals surface area contributed by atoms with Gasteiger partial charge in [-0.05, 0) is 154 Å². The first kappa shape index (κ1) is 40.8. The highest BCUT2D eigenvalue weighted by molar-refractivity contribution is 6.38. The Morgan fingerprint density at radius 3 is 1.90 bits per heavy atom. The zero-order valence-corrected chi connectivity index (χ0v) is 34.6. The van der Waals surface area contributed by atoms with Crippen LogP contribution in [0.1, 0.15) is 106 Å². The number of hydrogen-bond donors (Lipinski definition) is 4. The van der Waals surface area contributed by atoms with E-state index in [4.69, 9.17) is 14.2 Å². The minimum absolute atomic E-state index is 0.0766. The third-order valence-electron chi connectivity index (χ3n) is 13.6. The number of hydrogen-bond acceptors (Lipinski definition) is 11. The molecule has 0 unspecified atom stereocenters. The summed E-state index contributed by atoms with van der Waals surface area (Å²) in [6, 6.07) is 3.17. The van der Waals surface area contributed by atoms with Gasteiger partial charge in [-0.25, -0.2) is 0 Å². The minimum atomic E-state index is -0.469. The molecule has 0 spiro atoms. The summed E-state index contributed by atoms with van der Waals surface area (Å²) < 4.78 is 16.5. The standard InChI is InChI=1S/C48H55NO10/c1-5-58-47(55)27-12-7-25(8-13-27)11-16-31-32-17-24(3)18-33-39-38(32)42-36(37-30(23-51)20-35(52)41(43(37)39)45(54)46(33)57-4)29(22-50)19-34(40(42)44(31)53)49-21-26-9-14-28(15-10-26)48(56)59-6-2/h17,19-20,25-28,49-51,54H,5-16,18,21-23H2,1-4H3. The molecule has 11 heteroatoms.